The molecule has 9 nitrogen and oxygen atoms in total. The summed E-state index contributed by atoms with van der Waals surface area (Å²) in [5.41, 5.74) is 0. The monoisotopic (exact) mass is 780 g/mol. The predicted molar refractivity (Wildman–Crippen MR) is 224 cm³/mol. The third-order valence-corrected chi connectivity index (χ3v) is 9.59. The van der Waals surface area contributed by atoms with Crippen LogP contribution in [0.1, 0.15) is 168 Å². The number of hydrogen-bond acceptors (Lipinski definition) is 8. The zero-order valence-electron chi connectivity index (χ0n) is 34.4. The maximum Gasteiger partial charge on any atom is 0.472 e. The SMILES string of the molecule is CCCCC/C=C\C/C=C\C/C=C\C/C=C\CCCCCC(=O)OC(COC(=O)CCCCCCC/C=C\CCCCCC)COP(=O)(O)OCCNC. The van der Waals surface area contributed by atoms with Gasteiger partial charge in [0.2, 0.25) is 0 Å². The van der Waals surface area contributed by atoms with E-state index in [1.165, 1.54) is 57.8 Å². The first kappa shape index (κ1) is 51.7. The molecule has 0 rings (SSSR count). The van der Waals surface area contributed by atoms with Crippen LogP contribution in [0.4, 0.5) is 0 Å². The summed E-state index contributed by atoms with van der Waals surface area (Å²) in [5.74, 6) is -0.857. The number of rotatable bonds is 39. The van der Waals surface area contributed by atoms with Crippen molar-refractivity contribution in [3.05, 3.63) is 60.8 Å². The predicted octanol–water partition coefficient (Wildman–Crippen LogP) is 12.0. The number of allylic oxidation sites excluding steroid dienone is 10. The summed E-state index contributed by atoms with van der Waals surface area (Å²) in [6.07, 6.45) is 45.5. The number of phosphoric acid groups is 1. The van der Waals surface area contributed by atoms with E-state index in [1.807, 2.05) is 0 Å². The van der Waals surface area contributed by atoms with Gasteiger partial charge >= 0.3 is 19.8 Å². The molecule has 0 saturated carbocycles. The number of esters is 2. The first-order chi connectivity index (χ1) is 26.3. The van der Waals surface area contributed by atoms with Crippen LogP contribution in [0.5, 0.6) is 0 Å². The lowest BCUT2D eigenvalue weighted by Gasteiger charge is -2.20. The second-order valence-electron chi connectivity index (χ2n) is 13.8. The van der Waals surface area contributed by atoms with Gasteiger partial charge in [0.05, 0.1) is 13.2 Å². The number of carbonyl (C=O) groups is 2. The van der Waals surface area contributed by atoms with Crippen molar-refractivity contribution < 1.29 is 37.6 Å². The Morgan fingerprint density at radius 3 is 1.56 bits per heavy atom. The first-order valence-electron chi connectivity index (χ1n) is 21.2. The molecule has 0 radical (unpaired) electrons. The average Bonchev–Trinajstić information content (AvgIpc) is 3.15. The van der Waals surface area contributed by atoms with E-state index in [2.05, 4.69) is 79.9 Å². The van der Waals surface area contributed by atoms with Crippen molar-refractivity contribution in [1.29, 1.82) is 0 Å². The molecule has 0 aromatic heterocycles. The summed E-state index contributed by atoms with van der Waals surface area (Å²) in [4.78, 5) is 35.0. The van der Waals surface area contributed by atoms with E-state index in [0.717, 1.165) is 77.0 Å². The Balaban J connectivity index is 4.33. The number of carbonyl (C=O) groups excluding carboxylic acids is 2. The number of likely N-dealkylation sites (N-methyl/N-ethyl adjacent to an activating group) is 1. The summed E-state index contributed by atoms with van der Waals surface area (Å²) in [6, 6.07) is 0. The zero-order valence-corrected chi connectivity index (χ0v) is 35.3. The molecule has 0 aromatic rings. The van der Waals surface area contributed by atoms with Crippen molar-refractivity contribution in [1.82, 2.24) is 5.32 Å². The van der Waals surface area contributed by atoms with Crippen LogP contribution in [-0.2, 0) is 32.7 Å². The molecule has 0 aliphatic rings. The molecule has 0 heterocycles. The molecule has 0 amide bonds. The van der Waals surface area contributed by atoms with E-state index in [9.17, 15) is 19.0 Å². The Labute approximate surface area is 330 Å². The van der Waals surface area contributed by atoms with Crippen LogP contribution in [0.15, 0.2) is 60.8 Å². The van der Waals surface area contributed by atoms with Gasteiger partial charge in [-0.25, -0.2) is 4.57 Å². The molecule has 0 aliphatic heterocycles. The summed E-state index contributed by atoms with van der Waals surface area (Å²) in [5, 5.41) is 2.82. The molecule has 312 valence electrons. The highest BCUT2D eigenvalue weighted by atomic mass is 31.2. The summed E-state index contributed by atoms with van der Waals surface area (Å²) in [6.45, 7) is 4.12. The zero-order chi connectivity index (χ0) is 39.6. The van der Waals surface area contributed by atoms with Gasteiger partial charge in [-0.05, 0) is 90.5 Å². The Morgan fingerprint density at radius 1 is 0.574 bits per heavy atom. The average molecular weight is 780 g/mol. The first-order valence-corrected chi connectivity index (χ1v) is 22.7. The summed E-state index contributed by atoms with van der Waals surface area (Å²) >= 11 is 0. The van der Waals surface area contributed by atoms with Crippen molar-refractivity contribution in [2.24, 2.45) is 0 Å². The van der Waals surface area contributed by atoms with Crippen LogP contribution in [0.3, 0.4) is 0 Å². The van der Waals surface area contributed by atoms with Crippen molar-refractivity contribution in [2.75, 3.05) is 33.4 Å². The fourth-order valence-electron chi connectivity index (χ4n) is 5.35. The second-order valence-corrected chi connectivity index (χ2v) is 15.3. The van der Waals surface area contributed by atoms with Crippen molar-refractivity contribution >= 4 is 19.8 Å². The topological polar surface area (TPSA) is 120 Å². The van der Waals surface area contributed by atoms with E-state index in [4.69, 9.17) is 18.5 Å². The third-order valence-electron chi connectivity index (χ3n) is 8.61. The highest BCUT2D eigenvalue weighted by Gasteiger charge is 2.26. The van der Waals surface area contributed by atoms with Crippen LogP contribution < -0.4 is 5.32 Å². The van der Waals surface area contributed by atoms with Gasteiger partial charge in [0.25, 0.3) is 0 Å². The Kier molecular flexibility index (Phi) is 38.7. The number of ether oxygens (including phenoxy) is 2. The van der Waals surface area contributed by atoms with Crippen molar-refractivity contribution in [2.45, 2.75) is 174 Å². The lowest BCUT2D eigenvalue weighted by molar-refractivity contribution is -0.161. The van der Waals surface area contributed by atoms with Gasteiger partial charge in [-0.2, -0.15) is 0 Å². The molecule has 0 aromatic carbocycles. The van der Waals surface area contributed by atoms with Gasteiger partial charge in [0.1, 0.15) is 6.61 Å². The second kappa shape index (κ2) is 40.4. The molecule has 0 aliphatic carbocycles. The number of hydrogen-bond donors (Lipinski definition) is 2. The van der Waals surface area contributed by atoms with Crippen molar-refractivity contribution in [3.8, 4) is 0 Å². The fourth-order valence-corrected chi connectivity index (χ4v) is 6.10. The number of phosphoric ester groups is 1. The minimum atomic E-state index is -4.36. The summed E-state index contributed by atoms with van der Waals surface area (Å²) < 4.78 is 33.1. The maximum atomic E-state index is 12.6. The smallest absolute Gasteiger partial charge is 0.462 e. The molecule has 2 N–H and O–H groups in total. The van der Waals surface area contributed by atoms with Crippen molar-refractivity contribution in [3.63, 3.8) is 0 Å². The Bertz CT molecular complexity index is 1070. The largest absolute Gasteiger partial charge is 0.472 e. The highest BCUT2D eigenvalue weighted by molar-refractivity contribution is 7.47. The minimum Gasteiger partial charge on any atom is -0.462 e. The van der Waals surface area contributed by atoms with Crippen LogP contribution >= 0.6 is 7.82 Å². The number of nitrogens with one attached hydrogen (secondary N) is 1. The molecular weight excluding hydrogens is 701 g/mol. The lowest BCUT2D eigenvalue weighted by atomic mass is 10.1. The molecule has 0 saturated heterocycles. The van der Waals surface area contributed by atoms with Gasteiger partial charge in [0, 0.05) is 19.4 Å². The Hall–Kier alpha value is -2.29. The molecule has 0 fully saturated rings. The molecule has 2 atom stereocenters. The van der Waals surface area contributed by atoms with Gasteiger partial charge in [-0.3, -0.25) is 18.6 Å². The van der Waals surface area contributed by atoms with Crippen LogP contribution in [0.2, 0.25) is 0 Å². The van der Waals surface area contributed by atoms with Gasteiger partial charge < -0.3 is 19.7 Å². The van der Waals surface area contributed by atoms with E-state index in [-0.39, 0.29) is 26.1 Å². The van der Waals surface area contributed by atoms with E-state index in [1.54, 1.807) is 7.05 Å². The molecular formula is C44H78NO8P. The lowest BCUT2D eigenvalue weighted by Crippen LogP contribution is -2.29. The molecule has 54 heavy (non-hydrogen) atoms. The molecule has 0 bridgehead atoms. The molecule has 0 spiro atoms. The normalized spacial score (nSPS) is 13.9. The Morgan fingerprint density at radius 2 is 1.00 bits per heavy atom. The fraction of sp³-hybridized carbons (Fsp3) is 0.727. The van der Waals surface area contributed by atoms with E-state index >= 15 is 0 Å². The van der Waals surface area contributed by atoms with Crippen LogP contribution in [0, 0.1) is 0 Å². The van der Waals surface area contributed by atoms with Gasteiger partial charge in [0.15, 0.2) is 6.10 Å². The van der Waals surface area contributed by atoms with Crippen LogP contribution in [-0.4, -0.2) is 56.3 Å². The number of unbranched alkanes of at least 4 members (excludes halogenated alkanes) is 15. The van der Waals surface area contributed by atoms with E-state index in [0.29, 0.717) is 13.0 Å². The van der Waals surface area contributed by atoms with Gasteiger partial charge in [-0.15, -0.1) is 0 Å². The maximum absolute atomic E-state index is 12.6. The summed E-state index contributed by atoms with van der Waals surface area (Å²) in [7, 11) is -2.67. The minimum absolute atomic E-state index is 0.0272. The highest BCUT2D eigenvalue weighted by Crippen LogP contribution is 2.43. The quantitative estimate of drug-likeness (QED) is 0.0272. The third kappa shape index (κ3) is 39.4. The molecule has 2 unspecified atom stereocenters. The van der Waals surface area contributed by atoms with Gasteiger partial charge in [-0.1, -0.05) is 132 Å². The molecule has 10 heteroatoms. The van der Waals surface area contributed by atoms with Crippen LogP contribution in [0.25, 0.3) is 0 Å². The standard InChI is InChI=1S/C44H78NO8P/c1-4-6-8-10-12-14-16-18-19-20-21-22-23-25-27-29-31-33-35-37-44(47)53-42(41-52-54(48,49)51-39-38-45-3)40-50-43(46)36-34-32-30-28-26-24-17-15-13-11-9-7-5-2/h12,14-15,17-19,21-22,25,27,42,45H,4-11,13,16,20,23-24,26,28-41H2,1-3H3,(H,48,49)/b14-12-,17-15-,19-18-,22-21-,27-25-. The van der Waals surface area contributed by atoms with E-state index < -0.39 is 32.5 Å².